The molecule has 2 aromatic heterocycles. The van der Waals surface area contributed by atoms with Crippen LogP contribution < -0.4 is 0 Å². The van der Waals surface area contributed by atoms with Gasteiger partial charge in [0.25, 0.3) is 0 Å². The van der Waals surface area contributed by atoms with Crippen LogP contribution in [0.3, 0.4) is 0 Å². The Morgan fingerprint density at radius 1 is 0.230 bits per heavy atom. The molecule has 0 bridgehead atoms. The van der Waals surface area contributed by atoms with Crippen LogP contribution in [-0.2, 0) is 10.8 Å². The molecule has 0 saturated heterocycles. The standard InChI is InChI=1S/C72H56N2/c1-71(2,3)47-39-45-41-68(74-65-37-21-17-33-59(65)55-29-13-9-25-51(55)52-26-10-14-30-56(52)60-34-18-22-38-66(60)74)62-44-48(72(4,5)6)40-46-42-67(61(43-47)69(45)70(46)62)73-63-35-19-15-31-57(63)53-27-11-7-23-49(53)50-24-8-12-28-54(50)58-32-16-20-36-64(58)73/h7-44H,1-6H3. The van der Waals surface area contributed by atoms with Gasteiger partial charge in [0.05, 0.1) is 33.4 Å². The van der Waals surface area contributed by atoms with E-state index in [1.54, 1.807) is 0 Å². The van der Waals surface area contributed by atoms with Crippen LogP contribution in [0.1, 0.15) is 52.7 Å². The summed E-state index contributed by atoms with van der Waals surface area (Å²) in [6.07, 6.45) is 0. The third kappa shape index (κ3) is 6.71. The molecule has 0 N–H and O–H groups in total. The number of aromatic nitrogens is 2. The molecule has 0 aliphatic heterocycles. The van der Waals surface area contributed by atoms with E-state index >= 15 is 0 Å². The highest BCUT2D eigenvalue weighted by Gasteiger charge is 2.26. The largest absolute Gasteiger partial charge is 0.309 e. The lowest BCUT2D eigenvalue weighted by molar-refractivity contribution is 0.591. The predicted molar refractivity (Wildman–Crippen MR) is 322 cm³/mol. The van der Waals surface area contributed by atoms with Gasteiger partial charge in [0, 0.05) is 32.3 Å². The van der Waals surface area contributed by atoms with E-state index in [0.717, 1.165) is 33.4 Å². The van der Waals surface area contributed by atoms with Crippen molar-refractivity contribution in [2.24, 2.45) is 0 Å². The van der Waals surface area contributed by atoms with Crippen molar-refractivity contribution in [3.05, 3.63) is 242 Å². The van der Waals surface area contributed by atoms with Gasteiger partial charge < -0.3 is 9.13 Å². The van der Waals surface area contributed by atoms with Crippen molar-refractivity contribution in [1.29, 1.82) is 0 Å². The summed E-state index contributed by atoms with van der Waals surface area (Å²) >= 11 is 0. The highest BCUT2D eigenvalue weighted by Crippen LogP contribution is 2.47. The van der Waals surface area contributed by atoms with Crippen molar-refractivity contribution in [3.63, 3.8) is 0 Å². The molecule has 0 saturated carbocycles. The van der Waals surface area contributed by atoms with Crippen LogP contribution in [-0.4, -0.2) is 9.13 Å². The fraction of sp³-hybridized carbons (Fsp3) is 0.111. The maximum atomic E-state index is 2.60. The maximum Gasteiger partial charge on any atom is 0.0547 e. The summed E-state index contributed by atoms with van der Waals surface area (Å²) in [7, 11) is 0. The fourth-order valence-electron chi connectivity index (χ4n) is 12.4. The molecule has 0 spiro atoms. The van der Waals surface area contributed by atoms with Crippen LogP contribution in [0.15, 0.2) is 231 Å². The predicted octanol–water partition coefficient (Wildman–Crippen LogP) is 20.2. The van der Waals surface area contributed by atoms with Gasteiger partial charge in [-0.25, -0.2) is 0 Å². The molecule has 74 heavy (non-hydrogen) atoms. The molecule has 14 rings (SSSR count). The Morgan fingerprint density at radius 2 is 0.446 bits per heavy atom. The van der Waals surface area contributed by atoms with E-state index in [1.165, 1.54) is 108 Å². The Labute approximate surface area is 431 Å². The molecule has 0 atom stereocenters. The van der Waals surface area contributed by atoms with Gasteiger partial charge in [-0.15, -0.1) is 0 Å². The van der Waals surface area contributed by atoms with Gasteiger partial charge in [0.2, 0.25) is 0 Å². The zero-order chi connectivity index (χ0) is 50.0. The third-order valence-electron chi connectivity index (χ3n) is 16.0. The summed E-state index contributed by atoms with van der Waals surface area (Å²) in [4.78, 5) is 0. The summed E-state index contributed by atoms with van der Waals surface area (Å²) in [6.45, 7) is 14.2. The van der Waals surface area contributed by atoms with E-state index in [2.05, 4.69) is 281 Å². The second-order valence-electron chi connectivity index (χ2n) is 22.5. The minimum atomic E-state index is -0.159. The summed E-state index contributed by atoms with van der Waals surface area (Å²) in [5, 5.41) is 22.1. The maximum absolute atomic E-state index is 2.60. The molecule has 0 aliphatic rings. The van der Waals surface area contributed by atoms with Gasteiger partial charge >= 0.3 is 0 Å². The molecule has 2 heteroatoms. The normalized spacial score (nSPS) is 12.5. The second kappa shape index (κ2) is 16.4. The van der Waals surface area contributed by atoms with E-state index in [1.807, 2.05) is 0 Å². The molecule has 0 amide bonds. The average Bonchev–Trinajstić information content (AvgIpc) is 3.49. The van der Waals surface area contributed by atoms with Crippen LogP contribution in [0.25, 0.3) is 130 Å². The van der Waals surface area contributed by atoms with E-state index in [-0.39, 0.29) is 10.8 Å². The summed E-state index contributed by atoms with van der Waals surface area (Å²) in [6, 6.07) is 87.2. The minimum Gasteiger partial charge on any atom is -0.309 e. The molecule has 0 radical (unpaired) electrons. The summed E-state index contributed by atoms with van der Waals surface area (Å²) in [5.74, 6) is 0. The van der Waals surface area contributed by atoms with Gasteiger partial charge in [0.15, 0.2) is 0 Å². The highest BCUT2D eigenvalue weighted by molar-refractivity contribution is 6.29. The third-order valence-corrected chi connectivity index (χ3v) is 16.0. The number of benzene rings is 12. The fourth-order valence-corrected chi connectivity index (χ4v) is 12.4. The second-order valence-corrected chi connectivity index (χ2v) is 22.5. The first-order valence-electron chi connectivity index (χ1n) is 26.2. The number of para-hydroxylation sites is 4. The minimum absolute atomic E-state index is 0.159. The SMILES string of the molecule is CC(C)(C)c1cc2cc(-n3c4ccccc4c4ccccc4c4ccccc4c4ccccc43)c3cc(C(C)(C)C)cc4cc(-n5c6ccccc6c6ccccc6c6ccccc6c6ccccc65)c(c1)c2c43. The van der Waals surface area contributed by atoms with Gasteiger partial charge in [0.1, 0.15) is 0 Å². The van der Waals surface area contributed by atoms with Crippen molar-refractivity contribution in [2.75, 3.05) is 0 Å². The molecule has 14 aromatic rings. The Bertz CT molecular complexity index is 4280. The number of fused-ring (bicyclic) bond motifs is 14. The quantitative estimate of drug-likeness (QED) is 0.153. The van der Waals surface area contributed by atoms with Crippen molar-refractivity contribution < 1.29 is 0 Å². The number of rotatable bonds is 2. The Balaban J connectivity index is 1.26. The van der Waals surface area contributed by atoms with Crippen molar-refractivity contribution in [1.82, 2.24) is 9.13 Å². The first-order chi connectivity index (χ1) is 36.0. The molecule has 12 aromatic carbocycles. The van der Waals surface area contributed by atoms with Crippen LogP contribution >= 0.6 is 0 Å². The Kier molecular flexibility index (Phi) is 9.76. The smallest absolute Gasteiger partial charge is 0.0547 e. The Hall–Kier alpha value is -8.72. The van der Waals surface area contributed by atoms with E-state index in [4.69, 9.17) is 0 Å². The highest BCUT2D eigenvalue weighted by atomic mass is 15.0. The van der Waals surface area contributed by atoms with Crippen LogP contribution in [0, 0.1) is 0 Å². The van der Waals surface area contributed by atoms with E-state index < -0.39 is 0 Å². The average molecular weight is 949 g/mol. The lowest BCUT2D eigenvalue weighted by Crippen LogP contribution is -2.13. The molecule has 2 heterocycles. The van der Waals surface area contributed by atoms with Crippen LogP contribution in [0.2, 0.25) is 0 Å². The van der Waals surface area contributed by atoms with Crippen LogP contribution in [0.4, 0.5) is 0 Å². The lowest BCUT2D eigenvalue weighted by Gasteiger charge is -2.27. The monoisotopic (exact) mass is 948 g/mol. The number of hydrogen-bond acceptors (Lipinski definition) is 0. The van der Waals surface area contributed by atoms with Gasteiger partial charge in [-0.1, -0.05) is 224 Å². The molecule has 0 unspecified atom stereocenters. The summed E-state index contributed by atoms with van der Waals surface area (Å²) in [5.41, 5.74) is 9.19. The molecule has 0 fully saturated rings. The topological polar surface area (TPSA) is 9.86 Å². The molecular formula is C72H56N2. The van der Waals surface area contributed by atoms with E-state index in [9.17, 15) is 0 Å². The zero-order valence-corrected chi connectivity index (χ0v) is 42.8. The summed E-state index contributed by atoms with van der Waals surface area (Å²) < 4.78 is 5.20. The van der Waals surface area contributed by atoms with Gasteiger partial charge in [-0.05, 0) is 135 Å². The molecular weight excluding hydrogens is 893 g/mol. The van der Waals surface area contributed by atoms with Crippen LogP contribution in [0.5, 0.6) is 0 Å². The van der Waals surface area contributed by atoms with Gasteiger partial charge in [-0.3, -0.25) is 0 Å². The number of nitrogens with zero attached hydrogens (tertiary/aromatic N) is 2. The Morgan fingerprint density at radius 3 is 0.689 bits per heavy atom. The zero-order valence-electron chi connectivity index (χ0n) is 42.8. The van der Waals surface area contributed by atoms with Crippen molar-refractivity contribution in [2.45, 2.75) is 52.4 Å². The van der Waals surface area contributed by atoms with Gasteiger partial charge in [-0.2, -0.15) is 0 Å². The van der Waals surface area contributed by atoms with Crippen molar-refractivity contribution >= 4 is 119 Å². The lowest BCUT2D eigenvalue weighted by atomic mass is 9.80. The first kappa shape index (κ1) is 44.0. The molecule has 2 nitrogen and oxygen atoms in total. The number of hydrogen-bond donors (Lipinski definition) is 0. The molecule has 0 aliphatic carbocycles. The molecule has 354 valence electrons. The van der Waals surface area contributed by atoms with Crippen molar-refractivity contribution in [3.8, 4) is 11.4 Å². The van der Waals surface area contributed by atoms with E-state index in [0.29, 0.717) is 0 Å². The first-order valence-corrected chi connectivity index (χ1v) is 26.2.